The van der Waals surface area contributed by atoms with Crippen LogP contribution in [0.5, 0.6) is 0 Å². The van der Waals surface area contributed by atoms with Gasteiger partial charge in [-0.25, -0.2) is 0 Å². The number of thiazole rings is 1. The summed E-state index contributed by atoms with van der Waals surface area (Å²) in [7, 11) is 0. The molecule has 2 heterocycles. The molecule has 0 aliphatic carbocycles. The van der Waals surface area contributed by atoms with Crippen molar-refractivity contribution in [2.45, 2.75) is 0 Å². The van der Waals surface area contributed by atoms with E-state index in [1.807, 2.05) is 60.7 Å². The first kappa shape index (κ1) is 18.5. The largest absolute Gasteiger partial charge is 0.402 e. The molecule has 0 saturated carbocycles. The van der Waals surface area contributed by atoms with Crippen LogP contribution in [0.15, 0.2) is 99.7 Å². The molecule has 0 saturated heterocycles. The summed E-state index contributed by atoms with van der Waals surface area (Å²) in [5.41, 5.74) is 3.95. The van der Waals surface area contributed by atoms with E-state index in [-0.39, 0.29) is 6.01 Å². The van der Waals surface area contributed by atoms with E-state index < -0.39 is 0 Å². The minimum absolute atomic E-state index is 0.200. The molecule has 0 radical (unpaired) electrons. The molecule has 0 amide bonds. The van der Waals surface area contributed by atoms with E-state index in [0.717, 1.165) is 27.3 Å². The van der Waals surface area contributed by atoms with Crippen LogP contribution in [0.25, 0.3) is 28.4 Å². The third kappa shape index (κ3) is 3.70. The van der Waals surface area contributed by atoms with Crippen LogP contribution in [-0.2, 0) is 0 Å². The van der Waals surface area contributed by atoms with Crippen LogP contribution in [0.4, 0.5) is 6.01 Å². The van der Waals surface area contributed by atoms with Gasteiger partial charge in [-0.15, -0.1) is 16.4 Å². The molecule has 7 heteroatoms. The number of hydrogen-bond donors (Lipinski definition) is 0. The van der Waals surface area contributed by atoms with Crippen molar-refractivity contribution in [1.82, 2.24) is 14.8 Å². The normalized spacial score (nSPS) is 11.7. The molecule has 0 aliphatic heterocycles. The minimum atomic E-state index is 0.200. The lowest BCUT2D eigenvalue weighted by Gasteiger charge is -2.08. The monoisotopic (exact) mass is 430 g/mol. The van der Waals surface area contributed by atoms with Gasteiger partial charge in [0.1, 0.15) is 0 Å². The van der Waals surface area contributed by atoms with Gasteiger partial charge in [-0.3, -0.25) is 4.57 Å². The average Bonchev–Trinajstić information content (AvgIpc) is 3.43. The van der Waals surface area contributed by atoms with Crippen molar-refractivity contribution < 1.29 is 4.42 Å². The first-order valence-electron chi connectivity index (χ1n) is 9.23. The summed E-state index contributed by atoms with van der Waals surface area (Å²) < 4.78 is 7.87. The van der Waals surface area contributed by atoms with Gasteiger partial charge >= 0.3 is 6.01 Å². The van der Waals surface area contributed by atoms with Crippen LogP contribution in [0, 0.1) is 0 Å². The van der Waals surface area contributed by atoms with Gasteiger partial charge in [0.05, 0.1) is 5.69 Å². The molecule has 0 aliphatic rings. The zero-order valence-corrected chi connectivity index (χ0v) is 17.2. The van der Waals surface area contributed by atoms with E-state index in [4.69, 9.17) is 16.0 Å². The average molecular weight is 431 g/mol. The van der Waals surface area contributed by atoms with E-state index in [1.165, 1.54) is 11.3 Å². The SMILES string of the molecule is Clc1ccc(-c2nnc(N=c3scc(-c4ccccc4)n3-c3ccccc3)o2)cc1. The summed E-state index contributed by atoms with van der Waals surface area (Å²) in [5, 5.41) is 11.0. The molecule has 0 atom stereocenters. The second-order valence-corrected chi connectivity index (χ2v) is 7.72. The first-order valence-corrected chi connectivity index (χ1v) is 10.5. The van der Waals surface area contributed by atoms with Gasteiger partial charge in [-0.1, -0.05) is 65.2 Å². The Balaban J connectivity index is 1.62. The number of para-hydroxylation sites is 1. The number of aromatic nitrogens is 3. The summed E-state index contributed by atoms with van der Waals surface area (Å²) in [5.74, 6) is 0.400. The van der Waals surface area contributed by atoms with Crippen LogP contribution >= 0.6 is 22.9 Å². The maximum atomic E-state index is 5.95. The van der Waals surface area contributed by atoms with Crippen LogP contribution in [-0.4, -0.2) is 14.8 Å². The van der Waals surface area contributed by atoms with Gasteiger partial charge in [0, 0.05) is 21.7 Å². The van der Waals surface area contributed by atoms with Gasteiger partial charge < -0.3 is 4.42 Å². The third-order valence-corrected chi connectivity index (χ3v) is 5.57. The number of halogens is 1. The fourth-order valence-electron chi connectivity index (χ4n) is 3.08. The van der Waals surface area contributed by atoms with Crippen molar-refractivity contribution in [3.8, 4) is 28.4 Å². The predicted molar refractivity (Wildman–Crippen MR) is 119 cm³/mol. The van der Waals surface area contributed by atoms with Crippen molar-refractivity contribution >= 4 is 29.0 Å². The Labute approximate surface area is 181 Å². The van der Waals surface area contributed by atoms with Gasteiger partial charge in [-0.05, 0) is 42.0 Å². The Hall–Kier alpha value is -3.48. The number of hydrogen-bond acceptors (Lipinski definition) is 5. The van der Waals surface area contributed by atoms with E-state index >= 15 is 0 Å². The molecular formula is C23H15ClN4OS. The second-order valence-electron chi connectivity index (χ2n) is 6.45. The number of rotatable bonds is 4. The quantitative estimate of drug-likeness (QED) is 0.344. The molecule has 0 unspecified atom stereocenters. The molecule has 5 nitrogen and oxygen atoms in total. The van der Waals surface area contributed by atoms with Crippen molar-refractivity contribution in [2.24, 2.45) is 4.99 Å². The smallest absolute Gasteiger partial charge is 0.345 e. The van der Waals surface area contributed by atoms with E-state index in [0.29, 0.717) is 10.9 Å². The summed E-state index contributed by atoms with van der Waals surface area (Å²) in [6.45, 7) is 0. The molecule has 2 aromatic heterocycles. The molecule has 0 spiro atoms. The topological polar surface area (TPSA) is 56.2 Å². The highest BCUT2D eigenvalue weighted by molar-refractivity contribution is 7.07. The van der Waals surface area contributed by atoms with E-state index in [1.54, 1.807) is 12.1 Å². The fourth-order valence-corrected chi connectivity index (χ4v) is 4.10. The fraction of sp³-hybridized carbons (Fsp3) is 0. The van der Waals surface area contributed by atoms with E-state index in [9.17, 15) is 0 Å². The maximum Gasteiger partial charge on any atom is 0.345 e. The zero-order chi connectivity index (χ0) is 20.3. The molecule has 0 N–H and O–H groups in total. The summed E-state index contributed by atoms with van der Waals surface area (Å²) in [6, 6.07) is 27.7. The summed E-state index contributed by atoms with van der Waals surface area (Å²) in [4.78, 5) is 5.38. The highest BCUT2D eigenvalue weighted by Gasteiger charge is 2.12. The standard InChI is InChI=1S/C23H15ClN4OS/c24-18-13-11-17(12-14-18)21-26-27-22(29-21)25-23-28(19-9-5-2-6-10-19)20(15-30-23)16-7-3-1-4-8-16/h1-15H. The van der Waals surface area contributed by atoms with Crippen LogP contribution in [0.3, 0.4) is 0 Å². The molecule has 5 aromatic rings. The number of nitrogens with zero attached hydrogens (tertiary/aromatic N) is 4. The lowest BCUT2D eigenvalue weighted by molar-refractivity contribution is 0.576. The highest BCUT2D eigenvalue weighted by atomic mass is 35.5. The van der Waals surface area contributed by atoms with Gasteiger partial charge in [0.25, 0.3) is 0 Å². The minimum Gasteiger partial charge on any atom is -0.402 e. The number of benzene rings is 3. The Morgan fingerprint density at radius 2 is 1.50 bits per heavy atom. The Morgan fingerprint density at radius 3 is 2.23 bits per heavy atom. The van der Waals surface area contributed by atoms with Crippen molar-refractivity contribution in [1.29, 1.82) is 0 Å². The third-order valence-electron chi connectivity index (χ3n) is 4.49. The van der Waals surface area contributed by atoms with Crippen molar-refractivity contribution in [2.75, 3.05) is 0 Å². The predicted octanol–water partition coefficient (Wildman–Crippen LogP) is 6.14. The summed E-state index contributed by atoms with van der Waals surface area (Å²) in [6.07, 6.45) is 0. The Bertz CT molecular complexity index is 1340. The molecule has 146 valence electrons. The molecule has 3 aromatic carbocycles. The molecule has 5 rings (SSSR count). The second kappa shape index (κ2) is 8.10. The Morgan fingerprint density at radius 1 is 0.800 bits per heavy atom. The molecule has 0 bridgehead atoms. The van der Waals surface area contributed by atoms with Crippen LogP contribution < -0.4 is 4.80 Å². The van der Waals surface area contributed by atoms with Gasteiger partial charge in [0.15, 0.2) is 4.80 Å². The maximum absolute atomic E-state index is 5.95. The highest BCUT2D eigenvalue weighted by Crippen LogP contribution is 2.25. The van der Waals surface area contributed by atoms with Gasteiger partial charge in [-0.2, -0.15) is 4.99 Å². The van der Waals surface area contributed by atoms with Crippen LogP contribution in [0.1, 0.15) is 0 Å². The van der Waals surface area contributed by atoms with Gasteiger partial charge in [0.2, 0.25) is 5.89 Å². The molecule has 30 heavy (non-hydrogen) atoms. The lowest BCUT2D eigenvalue weighted by atomic mass is 10.1. The van der Waals surface area contributed by atoms with E-state index in [2.05, 4.69) is 37.3 Å². The first-order chi connectivity index (χ1) is 14.8. The van der Waals surface area contributed by atoms with Crippen LogP contribution in [0.2, 0.25) is 5.02 Å². The Kier molecular flexibility index (Phi) is 5.01. The zero-order valence-electron chi connectivity index (χ0n) is 15.6. The lowest BCUT2D eigenvalue weighted by Crippen LogP contribution is -2.13. The molecule has 0 fully saturated rings. The summed E-state index contributed by atoms with van der Waals surface area (Å²) >= 11 is 7.47. The molecular weight excluding hydrogens is 416 g/mol. The van der Waals surface area contributed by atoms with Crippen molar-refractivity contribution in [3.63, 3.8) is 0 Å². The van der Waals surface area contributed by atoms with Crippen molar-refractivity contribution in [3.05, 3.63) is 100 Å².